The summed E-state index contributed by atoms with van der Waals surface area (Å²) in [5.74, 6) is 2.91. The number of rotatable bonds is 5. The number of nitrogens with zero attached hydrogens (tertiary/aromatic N) is 5. The zero-order valence-corrected chi connectivity index (χ0v) is 12.8. The van der Waals surface area contributed by atoms with Crippen LogP contribution in [0.5, 0.6) is 0 Å². The molecular weight excluding hydrogens is 252 g/mol. The molecule has 0 saturated carbocycles. The van der Waals surface area contributed by atoms with Crippen LogP contribution in [0, 0.1) is 0 Å². The van der Waals surface area contributed by atoms with Gasteiger partial charge in [0.25, 0.3) is 0 Å². The summed E-state index contributed by atoms with van der Waals surface area (Å²) >= 11 is 0. The molecule has 6 nitrogen and oxygen atoms in total. The van der Waals surface area contributed by atoms with Crippen LogP contribution in [0.25, 0.3) is 0 Å². The smallest absolute Gasteiger partial charge is 0.135 e. The summed E-state index contributed by atoms with van der Waals surface area (Å²) in [7, 11) is 5.82. The minimum absolute atomic E-state index is 0.300. The van der Waals surface area contributed by atoms with Crippen molar-refractivity contribution in [1.82, 2.24) is 19.7 Å². The van der Waals surface area contributed by atoms with Gasteiger partial charge in [-0.2, -0.15) is 5.10 Å². The predicted molar refractivity (Wildman–Crippen MR) is 81.0 cm³/mol. The number of hydrogen-bond donors (Lipinski definition) is 1. The molecule has 2 aromatic rings. The van der Waals surface area contributed by atoms with Gasteiger partial charge in [0.2, 0.25) is 0 Å². The zero-order chi connectivity index (χ0) is 14.7. The molecule has 2 heterocycles. The SMILES string of the molecule is CNc1cc(N(C)Cc2cnn(C)c2)nc(C(C)C)n1. The Hall–Kier alpha value is -2.11. The molecule has 0 amide bonds. The molecule has 0 aliphatic carbocycles. The summed E-state index contributed by atoms with van der Waals surface area (Å²) in [5.41, 5.74) is 1.16. The molecule has 0 aliphatic heterocycles. The van der Waals surface area contributed by atoms with Crippen LogP contribution >= 0.6 is 0 Å². The number of anilines is 2. The molecule has 0 bridgehead atoms. The number of aryl methyl sites for hydroxylation is 1. The molecule has 0 unspecified atom stereocenters. The quantitative estimate of drug-likeness (QED) is 0.904. The molecule has 0 atom stereocenters. The Morgan fingerprint density at radius 2 is 2.10 bits per heavy atom. The van der Waals surface area contributed by atoms with E-state index >= 15 is 0 Å². The fourth-order valence-corrected chi connectivity index (χ4v) is 1.94. The molecule has 0 aliphatic rings. The Morgan fingerprint density at radius 1 is 1.35 bits per heavy atom. The van der Waals surface area contributed by atoms with Crippen molar-refractivity contribution in [3.63, 3.8) is 0 Å². The van der Waals surface area contributed by atoms with E-state index in [1.165, 1.54) is 0 Å². The molecule has 6 heteroatoms. The van der Waals surface area contributed by atoms with Crippen molar-refractivity contribution in [2.75, 3.05) is 24.3 Å². The van der Waals surface area contributed by atoms with Crippen molar-refractivity contribution in [2.24, 2.45) is 7.05 Å². The summed E-state index contributed by atoms with van der Waals surface area (Å²) in [6.45, 7) is 4.96. The molecular formula is C14H22N6. The van der Waals surface area contributed by atoms with E-state index in [2.05, 4.69) is 39.1 Å². The molecule has 1 N–H and O–H groups in total. The van der Waals surface area contributed by atoms with E-state index < -0.39 is 0 Å². The lowest BCUT2D eigenvalue weighted by Crippen LogP contribution is -2.19. The van der Waals surface area contributed by atoms with Crippen LogP contribution < -0.4 is 10.2 Å². The minimum Gasteiger partial charge on any atom is -0.373 e. The monoisotopic (exact) mass is 274 g/mol. The fourth-order valence-electron chi connectivity index (χ4n) is 1.94. The van der Waals surface area contributed by atoms with Crippen molar-refractivity contribution in [2.45, 2.75) is 26.3 Å². The Morgan fingerprint density at radius 3 is 2.65 bits per heavy atom. The maximum atomic E-state index is 4.63. The Balaban J connectivity index is 2.24. The van der Waals surface area contributed by atoms with Gasteiger partial charge in [0.1, 0.15) is 17.5 Å². The van der Waals surface area contributed by atoms with Crippen LogP contribution in [-0.4, -0.2) is 33.8 Å². The largest absolute Gasteiger partial charge is 0.373 e. The number of hydrogen-bond acceptors (Lipinski definition) is 5. The van der Waals surface area contributed by atoms with Gasteiger partial charge in [0.15, 0.2) is 0 Å². The highest BCUT2D eigenvalue weighted by atomic mass is 15.2. The van der Waals surface area contributed by atoms with Crippen LogP contribution in [0.1, 0.15) is 31.2 Å². The summed E-state index contributed by atoms with van der Waals surface area (Å²) in [6.07, 6.45) is 3.89. The molecule has 20 heavy (non-hydrogen) atoms. The third-order valence-electron chi connectivity index (χ3n) is 3.07. The van der Waals surface area contributed by atoms with Crippen molar-refractivity contribution in [1.29, 1.82) is 0 Å². The van der Waals surface area contributed by atoms with Gasteiger partial charge < -0.3 is 10.2 Å². The first-order chi connectivity index (χ1) is 9.49. The van der Waals surface area contributed by atoms with Gasteiger partial charge in [-0.25, -0.2) is 9.97 Å². The summed E-state index contributed by atoms with van der Waals surface area (Å²) < 4.78 is 1.81. The Labute approximate surface area is 119 Å². The standard InChI is InChI=1S/C14H22N6/c1-10(2)14-17-12(15-3)6-13(18-14)19(4)8-11-7-16-20(5)9-11/h6-7,9-10H,8H2,1-5H3,(H,15,17,18). The summed E-state index contributed by atoms with van der Waals surface area (Å²) in [5, 5.41) is 7.28. The van der Waals surface area contributed by atoms with Crippen molar-refractivity contribution < 1.29 is 0 Å². The number of nitrogens with one attached hydrogen (secondary N) is 1. The predicted octanol–water partition coefficient (Wildman–Crippen LogP) is 2.01. The van der Waals surface area contributed by atoms with Crippen LogP contribution in [0.2, 0.25) is 0 Å². The molecule has 2 rings (SSSR count). The Bertz CT molecular complexity index is 575. The van der Waals surface area contributed by atoms with Crippen molar-refractivity contribution >= 4 is 11.6 Å². The second-order valence-electron chi connectivity index (χ2n) is 5.25. The molecule has 0 radical (unpaired) electrons. The molecule has 2 aromatic heterocycles. The first kappa shape index (κ1) is 14.3. The third-order valence-corrected chi connectivity index (χ3v) is 3.07. The van der Waals surface area contributed by atoms with Gasteiger partial charge >= 0.3 is 0 Å². The van der Waals surface area contributed by atoms with E-state index in [9.17, 15) is 0 Å². The highest BCUT2D eigenvalue weighted by Crippen LogP contribution is 2.20. The highest BCUT2D eigenvalue weighted by molar-refractivity contribution is 5.49. The topological polar surface area (TPSA) is 58.9 Å². The summed E-state index contributed by atoms with van der Waals surface area (Å²) in [6, 6.07) is 1.96. The van der Waals surface area contributed by atoms with Crippen LogP contribution in [0.4, 0.5) is 11.6 Å². The first-order valence-electron chi connectivity index (χ1n) is 6.75. The lowest BCUT2D eigenvalue weighted by Gasteiger charge is -2.19. The van der Waals surface area contributed by atoms with E-state index in [4.69, 9.17) is 0 Å². The Kier molecular flexibility index (Phi) is 4.22. The first-order valence-corrected chi connectivity index (χ1v) is 6.75. The fraction of sp³-hybridized carbons (Fsp3) is 0.500. The van der Waals surface area contributed by atoms with Gasteiger partial charge in [-0.15, -0.1) is 0 Å². The molecule has 108 valence electrons. The van der Waals surface area contributed by atoms with E-state index in [0.29, 0.717) is 5.92 Å². The van der Waals surface area contributed by atoms with E-state index in [1.807, 2.05) is 44.3 Å². The molecule has 0 fully saturated rings. The summed E-state index contributed by atoms with van der Waals surface area (Å²) in [4.78, 5) is 11.2. The van der Waals surface area contributed by atoms with Gasteiger partial charge in [0, 0.05) is 51.4 Å². The van der Waals surface area contributed by atoms with Crippen LogP contribution in [0.3, 0.4) is 0 Å². The van der Waals surface area contributed by atoms with Gasteiger partial charge in [-0.3, -0.25) is 4.68 Å². The van der Waals surface area contributed by atoms with Crippen molar-refractivity contribution in [3.05, 3.63) is 29.8 Å². The number of aromatic nitrogens is 4. The minimum atomic E-state index is 0.300. The van der Waals surface area contributed by atoms with Gasteiger partial charge in [-0.05, 0) is 0 Å². The van der Waals surface area contributed by atoms with E-state index in [0.717, 1.165) is 29.6 Å². The van der Waals surface area contributed by atoms with Crippen LogP contribution in [-0.2, 0) is 13.6 Å². The maximum absolute atomic E-state index is 4.63. The average Bonchev–Trinajstić information content (AvgIpc) is 2.83. The lowest BCUT2D eigenvalue weighted by atomic mass is 10.2. The van der Waals surface area contributed by atoms with E-state index in [-0.39, 0.29) is 0 Å². The molecule has 0 aromatic carbocycles. The average molecular weight is 274 g/mol. The van der Waals surface area contributed by atoms with Gasteiger partial charge in [0.05, 0.1) is 6.20 Å². The zero-order valence-electron chi connectivity index (χ0n) is 12.8. The molecule has 0 saturated heterocycles. The normalized spacial score (nSPS) is 10.9. The lowest BCUT2D eigenvalue weighted by molar-refractivity contribution is 0.761. The third kappa shape index (κ3) is 3.26. The second kappa shape index (κ2) is 5.90. The highest BCUT2D eigenvalue weighted by Gasteiger charge is 2.11. The second-order valence-corrected chi connectivity index (χ2v) is 5.25. The maximum Gasteiger partial charge on any atom is 0.135 e. The molecule has 0 spiro atoms. The van der Waals surface area contributed by atoms with Crippen LogP contribution in [0.15, 0.2) is 18.5 Å². The van der Waals surface area contributed by atoms with Gasteiger partial charge in [-0.1, -0.05) is 13.8 Å². The van der Waals surface area contributed by atoms with Crippen molar-refractivity contribution in [3.8, 4) is 0 Å². The van der Waals surface area contributed by atoms with E-state index in [1.54, 1.807) is 0 Å².